The highest BCUT2D eigenvalue weighted by molar-refractivity contribution is 5.94. The fourth-order valence-corrected chi connectivity index (χ4v) is 2.79. The van der Waals surface area contributed by atoms with Crippen molar-refractivity contribution >= 4 is 5.91 Å². The van der Waals surface area contributed by atoms with E-state index in [0.717, 1.165) is 25.1 Å². The number of benzene rings is 1. The van der Waals surface area contributed by atoms with Gasteiger partial charge in [-0.05, 0) is 50.4 Å². The maximum absolute atomic E-state index is 12.4. The topological polar surface area (TPSA) is 50.4 Å². The summed E-state index contributed by atoms with van der Waals surface area (Å²) >= 11 is 0. The monoisotopic (exact) mass is 290 g/mol. The van der Waals surface area contributed by atoms with Crippen molar-refractivity contribution in [3.05, 3.63) is 29.8 Å². The summed E-state index contributed by atoms with van der Waals surface area (Å²) in [6.07, 6.45) is 2.05. The Hall–Kier alpha value is -1.55. The van der Waals surface area contributed by atoms with Crippen molar-refractivity contribution in [1.29, 1.82) is 0 Å². The lowest BCUT2D eigenvalue weighted by Gasteiger charge is -2.36. The minimum absolute atomic E-state index is 0.0238. The van der Waals surface area contributed by atoms with Gasteiger partial charge in [-0.2, -0.15) is 0 Å². The van der Waals surface area contributed by atoms with E-state index in [4.69, 9.17) is 4.74 Å². The summed E-state index contributed by atoms with van der Waals surface area (Å²) < 4.78 is 5.59. The Kier molecular flexibility index (Phi) is 5.62. The number of hydrogen-bond acceptors (Lipinski definition) is 3. The summed E-state index contributed by atoms with van der Waals surface area (Å²) in [5.74, 6) is 1.22. The van der Waals surface area contributed by atoms with E-state index in [-0.39, 0.29) is 11.9 Å². The molecule has 0 aromatic heterocycles. The average molecular weight is 290 g/mol. The number of ether oxygens (including phenoxy) is 1. The third-order valence-corrected chi connectivity index (χ3v) is 4.08. The first-order chi connectivity index (χ1) is 10.1. The quantitative estimate of drug-likeness (QED) is 0.876. The number of carbonyl (C=O) groups is 1. The standard InChI is InChI=1S/C17H26N2O2/c1-4-10-21-15-7-5-6-14(11-15)17(20)19-16-12(2)8-9-18-13(16)3/h5-7,11-13,16,18H,4,8-10H2,1-3H3,(H,19,20). The molecule has 0 spiro atoms. The van der Waals surface area contributed by atoms with Crippen molar-refractivity contribution in [1.82, 2.24) is 10.6 Å². The molecule has 1 aliphatic heterocycles. The number of rotatable bonds is 5. The minimum atomic E-state index is -0.0238. The fourth-order valence-electron chi connectivity index (χ4n) is 2.79. The smallest absolute Gasteiger partial charge is 0.251 e. The van der Waals surface area contributed by atoms with Gasteiger partial charge in [0.2, 0.25) is 0 Å². The summed E-state index contributed by atoms with van der Waals surface area (Å²) in [7, 11) is 0. The molecule has 1 fully saturated rings. The Bertz CT molecular complexity index is 466. The Morgan fingerprint density at radius 2 is 2.24 bits per heavy atom. The van der Waals surface area contributed by atoms with E-state index in [1.807, 2.05) is 24.3 Å². The van der Waals surface area contributed by atoms with E-state index >= 15 is 0 Å². The molecule has 2 rings (SSSR count). The maximum atomic E-state index is 12.4. The Labute approximate surface area is 127 Å². The fraction of sp³-hybridized carbons (Fsp3) is 0.588. The molecule has 2 N–H and O–H groups in total. The van der Waals surface area contributed by atoms with Crippen LogP contribution in [0, 0.1) is 5.92 Å². The predicted octanol–water partition coefficient (Wildman–Crippen LogP) is 2.59. The Balaban J connectivity index is 2.02. The highest BCUT2D eigenvalue weighted by Gasteiger charge is 2.28. The van der Waals surface area contributed by atoms with Crippen LogP contribution in [0.15, 0.2) is 24.3 Å². The normalized spacial score (nSPS) is 25.4. The van der Waals surface area contributed by atoms with E-state index in [9.17, 15) is 4.79 Å². The molecular formula is C17H26N2O2. The molecule has 1 aliphatic rings. The molecule has 0 radical (unpaired) electrons. The molecule has 3 atom stereocenters. The van der Waals surface area contributed by atoms with E-state index in [1.165, 1.54) is 0 Å². The molecule has 1 aromatic rings. The molecule has 0 bridgehead atoms. The van der Waals surface area contributed by atoms with Gasteiger partial charge in [-0.1, -0.05) is 19.9 Å². The summed E-state index contributed by atoms with van der Waals surface area (Å²) in [6.45, 7) is 8.08. The molecule has 0 aliphatic carbocycles. The van der Waals surface area contributed by atoms with Crippen molar-refractivity contribution < 1.29 is 9.53 Å². The van der Waals surface area contributed by atoms with Crippen molar-refractivity contribution in [2.45, 2.75) is 45.7 Å². The van der Waals surface area contributed by atoms with Crippen LogP contribution in [0.3, 0.4) is 0 Å². The van der Waals surface area contributed by atoms with E-state index in [0.29, 0.717) is 24.1 Å². The largest absolute Gasteiger partial charge is 0.494 e. The van der Waals surface area contributed by atoms with Gasteiger partial charge < -0.3 is 15.4 Å². The highest BCUT2D eigenvalue weighted by atomic mass is 16.5. The molecule has 1 amide bonds. The molecule has 21 heavy (non-hydrogen) atoms. The summed E-state index contributed by atoms with van der Waals surface area (Å²) in [4.78, 5) is 12.4. The Morgan fingerprint density at radius 3 is 2.95 bits per heavy atom. The summed E-state index contributed by atoms with van der Waals surface area (Å²) in [5, 5.41) is 6.58. The molecule has 4 heteroatoms. The van der Waals surface area contributed by atoms with Crippen molar-refractivity contribution in [3.63, 3.8) is 0 Å². The zero-order valence-electron chi connectivity index (χ0n) is 13.2. The van der Waals surface area contributed by atoms with Crippen LogP contribution >= 0.6 is 0 Å². The van der Waals surface area contributed by atoms with Gasteiger partial charge in [-0.3, -0.25) is 4.79 Å². The maximum Gasteiger partial charge on any atom is 0.251 e. The van der Waals surface area contributed by atoms with Crippen LogP contribution in [0.5, 0.6) is 5.75 Å². The summed E-state index contributed by atoms with van der Waals surface area (Å²) in [6, 6.07) is 7.88. The third kappa shape index (κ3) is 4.21. The van der Waals surface area contributed by atoms with Crippen molar-refractivity contribution in [3.8, 4) is 5.75 Å². The second-order valence-corrected chi connectivity index (χ2v) is 5.88. The van der Waals surface area contributed by atoms with Crippen LogP contribution in [0.1, 0.15) is 44.0 Å². The SMILES string of the molecule is CCCOc1cccc(C(=O)NC2C(C)CCNC2C)c1. The number of nitrogens with one attached hydrogen (secondary N) is 2. The first kappa shape index (κ1) is 15.8. The predicted molar refractivity (Wildman–Crippen MR) is 84.7 cm³/mol. The molecule has 3 unspecified atom stereocenters. The average Bonchev–Trinajstić information content (AvgIpc) is 2.49. The van der Waals surface area contributed by atoms with Crippen molar-refractivity contribution in [2.75, 3.05) is 13.2 Å². The number of hydrogen-bond donors (Lipinski definition) is 2. The van der Waals surface area contributed by atoms with Crippen LogP contribution in [-0.2, 0) is 0 Å². The van der Waals surface area contributed by atoms with Crippen LogP contribution in [0.2, 0.25) is 0 Å². The molecular weight excluding hydrogens is 264 g/mol. The lowest BCUT2D eigenvalue weighted by Crippen LogP contribution is -2.55. The minimum Gasteiger partial charge on any atom is -0.494 e. The highest BCUT2D eigenvalue weighted by Crippen LogP contribution is 2.18. The molecule has 1 heterocycles. The number of amides is 1. The second kappa shape index (κ2) is 7.46. The lowest BCUT2D eigenvalue weighted by molar-refractivity contribution is 0.0897. The molecule has 0 saturated carbocycles. The van der Waals surface area contributed by atoms with Gasteiger partial charge in [0.25, 0.3) is 5.91 Å². The van der Waals surface area contributed by atoms with E-state index in [1.54, 1.807) is 0 Å². The third-order valence-electron chi connectivity index (χ3n) is 4.08. The molecule has 1 aromatic carbocycles. The lowest BCUT2D eigenvalue weighted by atomic mass is 9.89. The first-order valence-corrected chi connectivity index (χ1v) is 7.89. The van der Waals surface area contributed by atoms with Gasteiger partial charge >= 0.3 is 0 Å². The zero-order valence-corrected chi connectivity index (χ0v) is 13.2. The van der Waals surface area contributed by atoms with Gasteiger partial charge in [0.05, 0.1) is 6.61 Å². The van der Waals surface area contributed by atoms with Gasteiger partial charge in [-0.25, -0.2) is 0 Å². The van der Waals surface area contributed by atoms with Gasteiger partial charge in [-0.15, -0.1) is 0 Å². The van der Waals surface area contributed by atoms with Crippen LogP contribution in [-0.4, -0.2) is 31.1 Å². The van der Waals surface area contributed by atoms with Gasteiger partial charge in [0, 0.05) is 17.6 Å². The van der Waals surface area contributed by atoms with Crippen LogP contribution in [0.25, 0.3) is 0 Å². The first-order valence-electron chi connectivity index (χ1n) is 7.89. The second-order valence-electron chi connectivity index (χ2n) is 5.88. The van der Waals surface area contributed by atoms with Crippen LogP contribution < -0.4 is 15.4 Å². The van der Waals surface area contributed by atoms with E-state index in [2.05, 4.69) is 31.4 Å². The van der Waals surface area contributed by atoms with Gasteiger partial charge in [0.1, 0.15) is 5.75 Å². The van der Waals surface area contributed by atoms with Gasteiger partial charge in [0.15, 0.2) is 0 Å². The molecule has 4 nitrogen and oxygen atoms in total. The number of piperidine rings is 1. The zero-order chi connectivity index (χ0) is 15.2. The number of carbonyl (C=O) groups excluding carboxylic acids is 1. The Morgan fingerprint density at radius 1 is 1.43 bits per heavy atom. The molecule has 116 valence electrons. The van der Waals surface area contributed by atoms with E-state index < -0.39 is 0 Å². The summed E-state index contributed by atoms with van der Waals surface area (Å²) in [5.41, 5.74) is 0.661. The van der Waals surface area contributed by atoms with Crippen molar-refractivity contribution in [2.24, 2.45) is 5.92 Å². The molecule has 1 saturated heterocycles. The van der Waals surface area contributed by atoms with Crippen LogP contribution in [0.4, 0.5) is 0 Å².